The maximum absolute atomic E-state index is 12.1. The number of carbonyl (C=O) groups excluding carboxylic acids is 3. The van der Waals surface area contributed by atoms with Crippen LogP contribution in [0.5, 0.6) is 11.5 Å². The normalized spacial score (nSPS) is 10.2. The average Bonchev–Trinajstić information content (AvgIpc) is 3.16. The van der Waals surface area contributed by atoms with Gasteiger partial charge in [-0.1, -0.05) is 23.4 Å². The Balaban J connectivity index is 1.40. The number of para-hydroxylation sites is 1. The van der Waals surface area contributed by atoms with Gasteiger partial charge >= 0.3 is 5.97 Å². The highest BCUT2D eigenvalue weighted by Gasteiger charge is 2.12. The van der Waals surface area contributed by atoms with E-state index >= 15 is 0 Å². The van der Waals surface area contributed by atoms with Crippen molar-refractivity contribution in [2.45, 2.75) is 6.92 Å². The van der Waals surface area contributed by atoms with Gasteiger partial charge in [0.25, 0.3) is 11.8 Å². The number of aromatic nitrogens is 1. The van der Waals surface area contributed by atoms with Crippen LogP contribution in [-0.2, 0) is 14.3 Å². The summed E-state index contributed by atoms with van der Waals surface area (Å²) in [4.78, 5) is 35.5. The van der Waals surface area contributed by atoms with E-state index in [0.29, 0.717) is 22.8 Å². The summed E-state index contributed by atoms with van der Waals surface area (Å²) >= 11 is 0. The van der Waals surface area contributed by atoms with Gasteiger partial charge in [-0.25, -0.2) is 0 Å². The molecule has 30 heavy (non-hydrogen) atoms. The van der Waals surface area contributed by atoms with E-state index in [9.17, 15) is 14.4 Å². The number of rotatable bonds is 8. The lowest BCUT2D eigenvalue weighted by Gasteiger charge is -2.08. The zero-order valence-electron chi connectivity index (χ0n) is 16.1. The molecular weight excluding hydrogens is 390 g/mol. The van der Waals surface area contributed by atoms with Crippen LogP contribution >= 0.6 is 0 Å². The zero-order valence-corrected chi connectivity index (χ0v) is 16.1. The Labute approximate surface area is 172 Å². The topological polar surface area (TPSA) is 120 Å². The molecule has 0 aliphatic heterocycles. The van der Waals surface area contributed by atoms with Crippen LogP contribution in [0.15, 0.2) is 65.2 Å². The second-order valence-electron chi connectivity index (χ2n) is 6.15. The molecule has 0 saturated heterocycles. The molecule has 0 radical (unpaired) electrons. The highest BCUT2D eigenvalue weighted by atomic mass is 16.5. The molecular formula is C21H19N3O6. The van der Waals surface area contributed by atoms with Gasteiger partial charge in [-0.15, -0.1) is 0 Å². The molecule has 154 valence electrons. The standard InChI is InChI=1S/C21H19N3O6/c1-14-11-18(24-30-14)23-19(25)13-28-20(26)12-22-21(27)15-7-9-17(10-8-15)29-16-5-3-2-4-6-16/h2-11H,12-13H2,1H3,(H,22,27)(H,23,24,25). The summed E-state index contributed by atoms with van der Waals surface area (Å²) in [6, 6.07) is 17.2. The average molecular weight is 409 g/mol. The number of amides is 2. The van der Waals surface area contributed by atoms with Gasteiger partial charge in [0.1, 0.15) is 23.8 Å². The van der Waals surface area contributed by atoms with Crippen molar-refractivity contribution < 1.29 is 28.4 Å². The Morgan fingerprint density at radius 1 is 1.00 bits per heavy atom. The van der Waals surface area contributed by atoms with Crippen molar-refractivity contribution in [2.75, 3.05) is 18.5 Å². The maximum Gasteiger partial charge on any atom is 0.325 e. The smallest absolute Gasteiger partial charge is 0.325 e. The third kappa shape index (κ3) is 6.20. The van der Waals surface area contributed by atoms with Crippen molar-refractivity contribution in [1.29, 1.82) is 0 Å². The molecule has 0 unspecified atom stereocenters. The lowest BCUT2D eigenvalue weighted by Crippen LogP contribution is -2.32. The predicted octanol–water partition coefficient (Wildman–Crippen LogP) is 2.69. The van der Waals surface area contributed by atoms with Crippen LogP contribution in [0.2, 0.25) is 0 Å². The van der Waals surface area contributed by atoms with Crippen molar-refractivity contribution in [2.24, 2.45) is 0 Å². The predicted molar refractivity (Wildman–Crippen MR) is 106 cm³/mol. The first kappa shape index (κ1) is 20.6. The van der Waals surface area contributed by atoms with Crippen LogP contribution in [0.25, 0.3) is 0 Å². The van der Waals surface area contributed by atoms with Crippen LogP contribution < -0.4 is 15.4 Å². The minimum atomic E-state index is -0.751. The Hall–Kier alpha value is -4.14. The van der Waals surface area contributed by atoms with Crippen molar-refractivity contribution in [1.82, 2.24) is 10.5 Å². The summed E-state index contributed by atoms with van der Waals surface area (Å²) in [6.07, 6.45) is 0. The lowest BCUT2D eigenvalue weighted by molar-refractivity contribution is -0.146. The Kier molecular flexibility index (Phi) is 6.78. The largest absolute Gasteiger partial charge is 0.457 e. The zero-order chi connectivity index (χ0) is 21.3. The summed E-state index contributed by atoms with van der Waals surface area (Å²) < 4.78 is 15.3. The van der Waals surface area contributed by atoms with E-state index in [1.54, 1.807) is 31.2 Å². The molecule has 0 spiro atoms. The van der Waals surface area contributed by atoms with E-state index in [1.165, 1.54) is 6.07 Å². The van der Waals surface area contributed by atoms with Crippen LogP contribution in [0.3, 0.4) is 0 Å². The van der Waals surface area contributed by atoms with Gasteiger partial charge in [-0.05, 0) is 43.3 Å². The van der Waals surface area contributed by atoms with Crippen molar-refractivity contribution in [3.8, 4) is 11.5 Å². The molecule has 0 atom stereocenters. The fourth-order valence-corrected chi connectivity index (χ4v) is 2.35. The molecule has 0 saturated carbocycles. The molecule has 0 bridgehead atoms. The molecule has 0 aliphatic carbocycles. The number of esters is 1. The molecule has 2 aromatic carbocycles. The molecule has 3 rings (SSSR count). The van der Waals surface area contributed by atoms with Gasteiger partial charge in [-0.3, -0.25) is 14.4 Å². The number of ether oxygens (including phenoxy) is 2. The number of aryl methyl sites for hydroxylation is 1. The summed E-state index contributed by atoms with van der Waals surface area (Å²) in [5.74, 6) is 0.230. The SMILES string of the molecule is Cc1cc(NC(=O)COC(=O)CNC(=O)c2ccc(Oc3ccccc3)cc2)no1. The first-order valence-corrected chi connectivity index (χ1v) is 8.99. The monoisotopic (exact) mass is 409 g/mol. The molecule has 1 aromatic heterocycles. The number of anilines is 1. The van der Waals surface area contributed by atoms with Gasteiger partial charge in [0.05, 0.1) is 0 Å². The number of nitrogens with zero attached hydrogens (tertiary/aromatic N) is 1. The molecule has 9 nitrogen and oxygen atoms in total. The Morgan fingerprint density at radius 2 is 1.70 bits per heavy atom. The molecule has 0 fully saturated rings. The number of hydrogen-bond donors (Lipinski definition) is 2. The van der Waals surface area contributed by atoms with E-state index in [0.717, 1.165) is 0 Å². The highest BCUT2D eigenvalue weighted by molar-refractivity contribution is 5.96. The number of benzene rings is 2. The van der Waals surface area contributed by atoms with Gasteiger partial charge in [0.2, 0.25) is 0 Å². The molecule has 1 heterocycles. The second-order valence-corrected chi connectivity index (χ2v) is 6.15. The van der Waals surface area contributed by atoms with E-state index in [1.807, 2.05) is 30.3 Å². The lowest BCUT2D eigenvalue weighted by atomic mass is 10.2. The number of carbonyl (C=O) groups is 3. The van der Waals surface area contributed by atoms with Crippen LogP contribution in [0.4, 0.5) is 5.82 Å². The van der Waals surface area contributed by atoms with E-state index in [-0.39, 0.29) is 12.4 Å². The quantitative estimate of drug-likeness (QED) is 0.549. The van der Waals surface area contributed by atoms with Gasteiger partial charge < -0.3 is 24.6 Å². The molecule has 3 aromatic rings. The van der Waals surface area contributed by atoms with E-state index in [2.05, 4.69) is 15.8 Å². The van der Waals surface area contributed by atoms with Gasteiger partial charge in [0, 0.05) is 11.6 Å². The summed E-state index contributed by atoms with van der Waals surface area (Å²) in [5, 5.41) is 8.43. The summed E-state index contributed by atoms with van der Waals surface area (Å²) in [7, 11) is 0. The highest BCUT2D eigenvalue weighted by Crippen LogP contribution is 2.21. The summed E-state index contributed by atoms with van der Waals surface area (Å²) in [5.41, 5.74) is 0.349. The van der Waals surface area contributed by atoms with Crippen LogP contribution in [0, 0.1) is 6.92 Å². The van der Waals surface area contributed by atoms with Gasteiger partial charge in [0.15, 0.2) is 12.4 Å². The van der Waals surface area contributed by atoms with Crippen molar-refractivity contribution in [3.05, 3.63) is 72.0 Å². The minimum absolute atomic E-state index is 0.224. The molecule has 0 aliphatic rings. The fourth-order valence-electron chi connectivity index (χ4n) is 2.35. The first-order chi connectivity index (χ1) is 14.5. The first-order valence-electron chi connectivity index (χ1n) is 8.99. The second kappa shape index (κ2) is 9.87. The third-order valence-corrected chi connectivity index (χ3v) is 3.75. The van der Waals surface area contributed by atoms with Crippen LogP contribution in [-0.4, -0.2) is 36.1 Å². The number of nitrogens with one attached hydrogen (secondary N) is 2. The van der Waals surface area contributed by atoms with Crippen molar-refractivity contribution >= 4 is 23.6 Å². The van der Waals surface area contributed by atoms with Gasteiger partial charge in [-0.2, -0.15) is 0 Å². The summed E-state index contributed by atoms with van der Waals surface area (Å²) in [6.45, 7) is 0.790. The van der Waals surface area contributed by atoms with Crippen molar-refractivity contribution in [3.63, 3.8) is 0 Å². The Bertz CT molecular complexity index is 1010. The number of hydrogen-bond acceptors (Lipinski definition) is 7. The minimum Gasteiger partial charge on any atom is -0.457 e. The van der Waals surface area contributed by atoms with E-state index < -0.39 is 24.4 Å². The maximum atomic E-state index is 12.1. The Morgan fingerprint density at radius 3 is 2.37 bits per heavy atom. The van der Waals surface area contributed by atoms with Crippen LogP contribution in [0.1, 0.15) is 16.1 Å². The molecule has 2 N–H and O–H groups in total. The van der Waals surface area contributed by atoms with E-state index in [4.69, 9.17) is 14.0 Å². The molecule has 2 amide bonds. The third-order valence-electron chi connectivity index (χ3n) is 3.75. The fraction of sp³-hybridized carbons (Fsp3) is 0.143. The molecule has 9 heteroatoms.